The van der Waals surface area contributed by atoms with Crippen LogP contribution in [0.5, 0.6) is 0 Å². The maximum Gasteiger partial charge on any atom is 0.390 e. The predicted molar refractivity (Wildman–Crippen MR) is 112 cm³/mol. The van der Waals surface area contributed by atoms with Gasteiger partial charge in [0, 0.05) is 30.4 Å². The van der Waals surface area contributed by atoms with Crippen LogP contribution in [-0.4, -0.2) is 34.6 Å². The minimum Gasteiger partial charge on any atom is -0.382 e. The van der Waals surface area contributed by atoms with Crippen LogP contribution in [0.1, 0.15) is 41.8 Å². The quantitative estimate of drug-likeness (QED) is 0.569. The Morgan fingerprint density at radius 3 is 2.60 bits per heavy atom. The normalized spacial score (nSPS) is 11.7. The molecule has 30 heavy (non-hydrogen) atoms. The number of carbonyl (C=O) groups excluding carboxylic acids is 1. The first-order valence-corrected chi connectivity index (χ1v) is 9.93. The Labute approximate surface area is 173 Å². The zero-order valence-corrected chi connectivity index (χ0v) is 17.2. The van der Waals surface area contributed by atoms with E-state index in [0.717, 1.165) is 28.8 Å². The standard InChI is InChI=1S/C22H25F3N4O/c1-4-15-11-18(27-9-8-22(23,24)25)20-28-12-19(29(20)13-15)16-6-7-17(14(3)10-16)21(30)26-5-2/h6-7,10-13,27H,4-5,8-9H2,1-3H3,(H,26,30). The van der Waals surface area contributed by atoms with Crippen LogP contribution in [0.15, 0.2) is 36.7 Å². The van der Waals surface area contributed by atoms with Crippen molar-refractivity contribution in [3.05, 3.63) is 53.3 Å². The van der Waals surface area contributed by atoms with Crippen molar-refractivity contribution < 1.29 is 18.0 Å². The van der Waals surface area contributed by atoms with E-state index in [-0.39, 0.29) is 12.5 Å². The van der Waals surface area contributed by atoms with Crippen LogP contribution in [-0.2, 0) is 6.42 Å². The molecule has 0 saturated carbocycles. The molecule has 0 radical (unpaired) electrons. The Balaban J connectivity index is 1.98. The fourth-order valence-corrected chi connectivity index (χ4v) is 3.35. The summed E-state index contributed by atoms with van der Waals surface area (Å²) in [6.45, 7) is 6.07. The van der Waals surface area contributed by atoms with E-state index < -0.39 is 12.6 Å². The Kier molecular flexibility index (Phi) is 6.34. The average molecular weight is 418 g/mol. The number of hydrogen-bond acceptors (Lipinski definition) is 3. The lowest BCUT2D eigenvalue weighted by molar-refractivity contribution is -0.131. The molecule has 0 aliphatic heterocycles. The number of anilines is 1. The number of halogens is 3. The second kappa shape index (κ2) is 8.77. The number of hydrogen-bond donors (Lipinski definition) is 2. The van der Waals surface area contributed by atoms with Crippen molar-refractivity contribution >= 4 is 17.2 Å². The summed E-state index contributed by atoms with van der Waals surface area (Å²) in [7, 11) is 0. The van der Waals surface area contributed by atoms with E-state index in [4.69, 9.17) is 0 Å². The second-order valence-electron chi connectivity index (χ2n) is 7.13. The first-order valence-electron chi connectivity index (χ1n) is 9.93. The molecule has 2 N–H and O–H groups in total. The largest absolute Gasteiger partial charge is 0.390 e. The van der Waals surface area contributed by atoms with Crippen LogP contribution in [0, 0.1) is 6.92 Å². The van der Waals surface area contributed by atoms with Gasteiger partial charge in [0.2, 0.25) is 0 Å². The fraction of sp³-hybridized carbons (Fsp3) is 0.364. The number of nitrogens with zero attached hydrogens (tertiary/aromatic N) is 2. The summed E-state index contributed by atoms with van der Waals surface area (Å²) in [6.07, 6.45) is -0.750. The van der Waals surface area contributed by atoms with Crippen molar-refractivity contribution in [1.82, 2.24) is 14.7 Å². The lowest BCUT2D eigenvalue weighted by Crippen LogP contribution is -2.23. The third-order valence-corrected chi connectivity index (χ3v) is 4.90. The zero-order chi connectivity index (χ0) is 21.9. The molecule has 1 amide bonds. The number of aromatic nitrogens is 2. The third-order valence-electron chi connectivity index (χ3n) is 4.90. The number of fused-ring (bicyclic) bond motifs is 1. The molecule has 0 aliphatic carbocycles. The molecular weight excluding hydrogens is 393 g/mol. The molecule has 2 aromatic heterocycles. The van der Waals surface area contributed by atoms with Gasteiger partial charge in [0.25, 0.3) is 5.91 Å². The SMILES string of the molecule is CCNC(=O)c1ccc(-c2cnc3c(NCCC(F)(F)F)cc(CC)cn23)cc1C. The average Bonchev–Trinajstić information content (AvgIpc) is 3.11. The Morgan fingerprint density at radius 2 is 1.97 bits per heavy atom. The van der Waals surface area contributed by atoms with Crippen molar-refractivity contribution in [2.45, 2.75) is 39.8 Å². The highest BCUT2D eigenvalue weighted by atomic mass is 19.4. The molecule has 3 rings (SSSR count). The molecule has 2 heterocycles. The van der Waals surface area contributed by atoms with Crippen molar-refractivity contribution in [3.63, 3.8) is 0 Å². The summed E-state index contributed by atoms with van der Waals surface area (Å²) in [5.41, 5.74) is 5.25. The molecule has 0 bridgehead atoms. The van der Waals surface area contributed by atoms with Gasteiger partial charge in [0.1, 0.15) is 0 Å². The maximum absolute atomic E-state index is 12.5. The van der Waals surface area contributed by atoms with Crippen LogP contribution in [0.3, 0.4) is 0 Å². The highest BCUT2D eigenvalue weighted by Gasteiger charge is 2.26. The highest BCUT2D eigenvalue weighted by Crippen LogP contribution is 2.28. The van der Waals surface area contributed by atoms with Crippen molar-refractivity contribution in [2.24, 2.45) is 0 Å². The van der Waals surface area contributed by atoms with Crippen molar-refractivity contribution in [1.29, 1.82) is 0 Å². The van der Waals surface area contributed by atoms with Crippen molar-refractivity contribution in [2.75, 3.05) is 18.4 Å². The first-order chi connectivity index (χ1) is 14.2. The van der Waals surface area contributed by atoms with Gasteiger partial charge in [-0.15, -0.1) is 0 Å². The topological polar surface area (TPSA) is 58.4 Å². The zero-order valence-electron chi connectivity index (χ0n) is 17.2. The molecule has 3 aromatic rings. The monoisotopic (exact) mass is 418 g/mol. The third kappa shape index (κ3) is 4.75. The summed E-state index contributed by atoms with van der Waals surface area (Å²) < 4.78 is 39.5. The number of aryl methyl sites for hydroxylation is 2. The molecule has 0 saturated heterocycles. The molecule has 0 fully saturated rings. The molecular formula is C22H25F3N4O. The van der Waals surface area contributed by atoms with Gasteiger partial charge in [0.15, 0.2) is 5.65 Å². The van der Waals surface area contributed by atoms with Crippen LogP contribution in [0.2, 0.25) is 0 Å². The van der Waals surface area contributed by atoms with E-state index in [0.29, 0.717) is 23.4 Å². The molecule has 0 spiro atoms. The van der Waals surface area contributed by atoms with E-state index in [9.17, 15) is 18.0 Å². The lowest BCUT2D eigenvalue weighted by atomic mass is 10.0. The summed E-state index contributed by atoms with van der Waals surface area (Å²) in [5, 5.41) is 5.67. The summed E-state index contributed by atoms with van der Waals surface area (Å²) in [4.78, 5) is 16.6. The minimum atomic E-state index is -4.21. The van der Waals surface area contributed by atoms with Crippen LogP contribution >= 0.6 is 0 Å². The van der Waals surface area contributed by atoms with Gasteiger partial charge in [0.05, 0.1) is 24.0 Å². The van der Waals surface area contributed by atoms with E-state index in [1.165, 1.54) is 0 Å². The fourth-order valence-electron chi connectivity index (χ4n) is 3.35. The van der Waals surface area contributed by atoms with Gasteiger partial charge in [-0.25, -0.2) is 4.98 Å². The number of pyridine rings is 1. The molecule has 0 atom stereocenters. The molecule has 1 aromatic carbocycles. The summed E-state index contributed by atoms with van der Waals surface area (Å²) in [5.74, 6) is -0.121. The number of carbonyl (C=O) groups is 1. The first kappa shape index (κ1) is 21.7. The van der Waals surface area contributed by atoms with Gasteiger partial charge in [-0.05, 0) is 49.6 Å². The lowest BCUT2D eigenvalue weighted by Gasteiger charge is -2.13. The number of rotatable bonds is 7. The summed E-state index contributed by atoms with van der Waals surface area (Å²) >= 11 is 0. The highest BCUT2D eigenvalue weighted by molar-refractivity contribution is 5.96. The van der Waals surface area contributed by atoms with Gasteiger partial charge >= 0.3 is 6.18 Å². The molecule has 8 heteroatoms. The maximum atomic E-state index is 12.5. The van der Waals surface area contributed by atoms with Gasteiger partial charge in [-0.2, -0.15) is 13.2 Å². The molecule has 0 unspecified atom stereocenters. The van der Waals surface area contributed by atoms with Gasteiger partial charge in [-0.1, -0.05) is 13.0 Å². The number of amides is 1. The summed E-state index contributed by atoms with van der Waals surface area (Å²) in [6, 6.07) is 7.40. The number of imidazole rings is 1. The predicted octanol–water partition coefficient (Wildman–Crippen LogP) is 4.99. The van der Waals surface area contributed by atoms with Crippen LogP contribution < -0.4 is 10.6 Å². The minimum absolute atomic E-state index is 0.121. The Hall–Kier alpha value is -3.03. The number of alkyl halides is 3. The Morgan fingerprint density at radius 1 is 1.20 bits per heavy atom. The van der Waals surface area contributed by atoms with E-state index in [1.54, 1.807) is 12.3 Å². The van der Waals surface area contributed by atoms with Crippen LogP contribution in [0.4, 0.5) is 18.9 Å². The van der Waals surface area contributed by atoms with E-state index in [2.05, 4.69) is 15.6 Å². The molecule has 5 nitrogen and oxygen atoms in total. The van der Waals surface area contributed by atoms with Crippen LogP contribution in [0.25, 0.3) is 16.9 Å². The Bertz CT molecular complexity index is 1060. The number of nitrogens with one attached hydrogen (secondary N) is 2. The smallest absolute Gasteiger partial charge is 0.382 e. The second-order valence-corrected chi connectivity index (χ2v) is 7.13. The molecule has 0 aliphatic rings. The molecule has 160 valence electrons. The van der Waals surface area contributed by atoms with E-state index >= 15 is 0 Å². The van der Waals surface area contributed by atoms with E-state index in [1.807, 2.05) is 49.6 Å². The van der Waals surface area contributed by atoms with Crippen molar-refractivity contribution in [3.8, 4) is 11.3 Å². The van der Waals surface area contributed by atoms with Gasteiger partial charge in [-0.3, -0.25) is 9.20 Å². The van der Waals surface area contributed by atoms with Gasteiger partial charge < -0.3 is 10.6 Å². The number of benzene rings is 1.